The molecule has 0 unspecified atom stereocenters. The van der Waals surface area contributed by atoms with Crippen LogP contribution in [0.1, 0.15) is 5.56 Å². The first kappa shape index (κ1) is 16.3. The zero-order chi connectivity index (χ0) is 18.4. The van der Waals surface area contributed by atoms with Crippen molar-refractivity contribution in [1.82, 2.24) is 9.55 Å². The number of halogens is 1. The number of hydrogen-bond donors (Lipinski definition) is 0. The number of aromatic nitrogens is 2. The van der Waals surface area contributed by atoms with Gasteiger partial charge in [-0.2, -0.15) is 0 Å². The second-order valence-corrected chi connectivity index (χ2v) is 7.54. The van der Waals surface area contributed by atoms with Crippen molar-refractivity contribution in [2.75, 3.05) is 0 Å². The van der Waals surface area contributed by atoms with E-state index >= 15 is 0 Å². The second-order valence-electron chi connectivity index (χ2n) is 6.68. The van der Waals surface area contributed by atoms with Crippen molar-refractivity contribution >= 4 is 37.7 Å². The Labute approximate surface area is 166 Å². The standard InChI is InChI=1S/C24H17BrN2/c1-16-20(22-10-6-7-13-26-22)14-17(15-21(16)25)27-23-11-4-2-8-18(23)19-9-3-5-12-24(19)27/h2-15H,1H3. The van der Waals surface area contributed by atoms with E-state index in [0.717, 1.165) is 21.4 Å². The number of fused-ring (bicyclic) bond motifs is 3. The molecule has 2 aromatic heterocycles. The lowest BCUT2D eigenvalue weighted by Crippen LogP contribution is -1.97. The molecule has 0 fully saturated rings. The maximum Gasteiger partial charge on any atom is 0.0705 e. The highest BCUT2D eigenvalue weighted by Crippen LogP contribution is 2.36. The lowest BCUT2D eigenvalue weighted by atomic mass is 10.0. The summed E-state index contributed by atoms with van der Waals surface area (Å²) in [5.74, 6) is 0. The molecule has 2 nitrogen and oxygen atoms in total. The zero-order valence-electron chi connectivity index (χ0n) is 14.9. The number of rotatable bonds is 2. The van der Waals surface area contributed by atoms with Crippen LogP contribution in [0, 0.1) is 6.92 Å². The molecule has 0 spiro atoms. The molecule has 0 aliphatic heterocycles. The van der Waals surface area contributed by atoms with Crippen LogP contribution in [0.3, 0.4) is 0 Å². The third-order valence-electron chi connectivity index (χ3n) is 5.11. The molecular formula is C24H17BrN2. The van der Waals surface area contributed by atoms with E-state index < -0.39 is 0 Å². The molecule has 3 heteroatoms. The highest BCUT2D eigenvalue weighted by Gasteiger charge is 2.15. The average Bonchev–Trinajstić information content (AvgIpc) is 3.05. The van der Waals surface area contributed by atoms with Gasteiger partial charge in [-0.05, 0) is 48.9 Å². The molecule has 2 heterocycles. The maximum atomic E-state index is 4.57. The van der Waals surface area contributed by atoms with Crippen LogP contribution >= 0.6 is 15.9 Å². The lowest BCUT2D eigenvalue weighted by molar-refractivity contribution is 1.17. The molecule has 0 atom stereocenters. The van der Waals surface area contributed by atoms with Gasteiger partial charge in [-0.15, -0.1) is 0 Å². The van der Waals surface area contributed by atoms with Crippen molar-refractivity contribution in [3.05, 3.63) is 95.1 Å². The van der Waals surface area contributed by atoms with E-state index in [9.17, 15) is 0 Å². The first-order valence-electron chi connectivity index (χ1n) is 8.94. The third-order valence-corrected chi connectivity index (χ3v) is 5.93. The minimum Gasteiger partial charge on any atom is -0.309 e. The van der Waals surface area contributed by atoms with Gasteiger partial charge in [-0.25, -0.2) is 0 Å². The van der Waals surface area contributed by atoms with E-state index in [4.69, 9.17) is 0 Å². The highest BCUT2D eigenvalue weighted by atomic mass is 79.9. The fraction of sp³-hybridized carbons (Fsp3) is 0.0417. The van der Waals surface area contributed by atoms with Crippen molar-refractivity contribution < 1.29 is 0 Å². The van der Waals surface area contributed by atoms with Crippen LogP contribution in [-0.4, -0.2) is 9.55 Å². The first-order valence-corrected chi connectivity index (χ1v) is 9.73. The molecule has 0 saturated heterocycles. The molecule has 0 N–H and O–H groups in total. The molecule has 130 valence electrons. The molecule has 0 bridgehead atoms. The van der Waals surface area contributed by atoms with Gasteiger partial charge in [-0.1, -0.05) is 58.4 Å². The molecule has 0 amide bonds. The van der Waals surface area contributed by atoms with Gasteiger partial charge < -0.3 is 4.57 Å². The predicted octanol–water partition coefficient (Wildman–Crippen LogP) is 6.92. The molecule has 0 radical (unpaired) electrons. The Morgan fingerprint density at radius 2 is 1.41 bits per heavy atom. The van der Waals surface area contributed by atoms with Crippen LogP contribution in [0.5, 0.6) is 0 Å². The Kier molecular flexibility index (Phi) is 3.83. The first-order chi connectivity index (χ1) is 13.2. The summed E-state index contributed by atoms with van der Waals surface area (Å²) >= 11 is 3.77. The fourth-order valence-corrected chi connectivity index (χ4v) is 4.23. The third kappa shape index (κ3) is 2.58. The summed E-state index contributed by atoms with van der Waals surface area (Å²) in [6, 6.07) is 27.6. The van der Waals surface area contributed by atoms with Crippen LogP contribution in [0.4, 0.5) is 0 Å². The second kappa shape index (κ2) is 6.36. The summed E-state index contributed by atoms with van der Waals surface area (Å²) in [7, 11) is 0. The SMILES string of the molecule is Cc1c(Br)cc(-n2c3ccccc3c3ccccc32)cc1-c1ccccn1. The van der Waals surface area contributed by atoms with E-state index in [1.165, 1.54) is 27.4 Å². The Bertz CT molecular complexity index is 1230. The summed E-state index contributed by atoms with van der Waals surface area (Å²) in [5, 5.41) is 2.54. The number of pyridine rings is 1. The molecule has 0 saturated carbocycles. The minimum absolute atomic E-state index is 0.985. The largest absolute Gasteiger partial charge is 0.309 e. The summed E-state index contributed by atoms with van der Waals surface area (Å²) in [5.41, 5.74) is 6.87. The normalized spacial score (nSPS) is 11.3. The van der Waals surface area contributed by atoms with Gasteiger partial charge in [0.25, 0.3) is 0 Å². The number of para-hydroxylation sites is 2. The Hall–Kier alpha value is -2.91. The van der Waals surface area contributed by atoms with Crippen LogP contribution in [0.15, 0.2) is 89.5 Å². The maximum absolute atomic E-state index is 4.57. The van der Waals surface area contributed by atoms with Crippen molar-refractivity contribution in [2.24, 2.45) is 0 Å². The summed E-state index contributed by atoms with van der Waals surface area (Å²) < 4.78 is 3.42. The Morgan fingerprint density at radius 3 is 2.04 bits per heavy atom. The topological polar surface area (TPSA) is 17.8 Å². The van der Waals surface area contributed by atoms with Gasteiger partial charge in [0.15, 0.2) is 0 Å². The van der Waals surface area contributed by atoms with E-state index in [0.29, 0.717) is 0 Å². The van der Waals surface area contributed by atoms with Crippen molar-refractivity contribution in [3.63, 3.8) is 0 Å². The average molecular weight is 413 g/mol. The Balaban J connectivity index is 1.87. The molecule has 0 aliphatic rings. The van der Waals surface area contributed by atoms with Crippen LogP contribution < -0.4 is 0 Å². The highest BCUT2D eigenvalue weighted by molar-refractivity contribution is 9.10. The molecular weight excluding hydrogens is 396 g/mol. The molecule has 5 rings (SSSR count). The Morgan fingerprint density at radius 1 is 0.778 bits per heavy atom. The van der Waals surface area contributed by atoms with Gasteiger partial charge >= 0.3 is 0 Å². The van der Waals surface area contributed by atoms with Crippen LogP contribution in [0.25, 0.3) is 38.8 Å². The lowest BCUT2D eigenvalue weighted by Gasteiger charge is -2.14. The van der Waals surface area contributed by atoms with Gasteiger partial charge in [0.05, 0.1) is 16.7 Å². The molecule has 0 aliphatic carbocycles. The summed E-state index contributed by atoms with van der Waals surface area (Å²) in [6.07, 6.45) is 1.84. The zero-order valence-corrected chi connectivity index (χ0v) is 16.4. The van der Waals surface area contributed by atoms with Crippen LogP contribution in [-0.2, 0) is 0 Å². The fourth-order valence-electron chi connectivity index (χ4n) is 3.78. The van der Waals surface area contributed by atoms with Gasteiger partial charge in [0.2, 0.25) is 0 Å². The van der Waals surface area contributed by atoms with Crippen molar-refractivity contribution in [1.29, 1.82) is 0 Å². The van der Waals surface area contributed by atoms with E-state index in [1.807, 2.05) is 18.3 Å². The summed E-state index contributed by atoms with van der Waals surface area (Å²) in [4.78, 5) is 4.57. The van der Waals surface area contributed by atoms with E-state index in [2.05, 4.69) is 99.1 Å². The van der Waals surface area contributed by atoms with Gasteiger partial charge in [0.1, 0.15) is 0 Å². The van der Waals surface area contributed by atoms with E-state index in [1.54, 1.807) is 0 Å². The van der Waals surface area contributed by atoms with Crippen molar-refractivity contribution in [2.45, 2.75) is 6.92 Å². The molecule has 3 aromatic carbocycles. The van der Waals surface area contributed by atoms with Crippen molar-refractivity contribution in [3.8, 4) is 16.9 Å². The van der Waals surface area contributed by atoms with E-state index in [-0.39, 0.29) is 0 Å². The monoisotopic (exact) mass is 412 g/mol. The molecule has 27 heavy (non-hydrogen) atoms. The van der Waals surface area contributed by atoms with Gasteiger partial charge in [0, 0.05) is 32.7 Å². The number of hydrogen-bond acceptors (Lipinski definition) is 1. The smallest absolute Gasteiger partial charge is 0.0705 e. The number of nitrogens with zero attached hydrogens (tertiary/aromatic N) is 2. The van der Waals surface area contributed by atoms with Crippen LogP contribution in [0.2, 0.25) is 0 Å². The number of benzene rings is 3. The quantitative estimate of drug-likeness (QED) is 0.307. The predicted molar refractivity (Wildman–Crippen MR) is 116 cm³/mol. The minimum atomic E-state index is 0.985. The van der Waals surface area contributed by atoms with Gasteiger partial charge in [-0.3, -0.25) is 4.98 Å². The summed E-state index contributed by atoms with van der Waals surface area (Å²) in [6.45, 7) is 2.13. The molecule has 5 aromatic rings.